The summed E-state index contributed by atoms with van der Waals surface area (Å²) in [7, 11) is 0. The van der Waals surface area contributed by atoms with Gasteiger partial charge in [-0.05, 0) is 132 Å². The number of nitrogens with zero attached hydrogens (tertiary/aromatic N) is 2. The Morgan fingerprint density at radius 3 is 1.39 bits per heavy atom. The van der Waals surface area contributed by atoms with Gasteiger partial charge in [-0.3, -0.25) is 0 Å². The quantitative estimate of drug-likeness (QED) is 0.142. The van der Waals surface area contributed by atoms with E-state index in [1.54, 1.807) is 0 Å². The lowest BCUT2D eigenvalue weighted by molar-refractivity contribution is 0.613. The maximum Gasteiger partial charge on any atom is 0.124 e. The van der Waals surface area contributed by atoms with Crippen LogP contribution in [0.2, 0.25) is 0 Å². The molecule has 0 aromatic heterocycles. The molecular weight excluding hydrogens is 845 g/mol. The van der Waals surface area contributed by atoms with E-state index < -0.39 is 5.54 Å². The Labute approximate surface area is 415 Å². The maximum atomic E-state index is 2.75. The van der Waals surface area contributed by atoms with Gasteiger partial charge in [0.05, 0.1) is 0 Å². The fourth-order valence-electron chi connectivity index (χ4n) is 12.7. The van der Waals surface area contributed by atoms with Crippen molar-refractivity contribution >= 4 is 22.7 Å². The molecule has 2 nitrogen and oxygen atoms in total. The summed E-state index contributed by atoms with van der Waals surface area (Å²) < 4.78 is 0. The molecule has 1 radical (unpaired) electrons. The van der Waals surface area contributed by atoms with Crippen molar-refractivity contribution < 1.29 is 0 Å². The smallest absolute Gasteiger partial charge is 0.124 e. The van der Waals surface area contributed by atoms with Crippen LogP contribution in [-0.2, 0) is 16.4 Å². The number of rotatable bonds is 9. The lowest BCUT2D eigenvalue weighted by atomic mass is 9.76. The molecule has 0 unspecified atom stereocenters. The highest BCUT2D eigenvalue weighted by molar-refractivity contribution is 5.90. The van der Waals surface area contributed by atoms with E-state index in [0.29, 0.717) is 0 Å². The van der Waals surface area contributed by atoms with Gasteiger partial charge >= 0.3 is 0 Å². The SMILES string of the molecule is CC(C)c1cccc(C(C)C)c1N1[C](c2ccc(N(c3ccc4c(c3)-c3ccccc3C4(C)C)c3ccc4c(c3)C(C)(C)c3ccccc3-4)cc2)c2ccccc2C1(c1ccccc1)c1ccccc1. The lowest BCUT2D eigenvalue weighted by Crippen LogP contribution is -2.46. The predicted molar refractivity (Wildman–Crippen MR) is 294 cm³/mol. The topological polar surface area (TPSA) is 6.48 Å². The van der Waals surface area contributed by atoms with E-state index >= 15 is 0 Å². The molecule has 1 heterocycles. The van der Waals surface area contributed by atoms with Gasteiger partial charge in [-0.1, -0.05) is 231 Å². The molecule has 1 aliphatic heterocycles. The highest BCUT2D eigenvalue weighted by atomic mass is 15.3. The first-order valence-corrected chi connectivity index (χ1v) is 25.3. The molecule has 12 rings (SSSR count). The van der Waals surface area contributed by atoms with Gasteiger partial charge in [-0.2, -0.15) is 0 Å². The van der Waals surface area contributed by atoms with Crippen LogP contribution in [0.15, 0.2) is 212 Å². The van der Waals surface area contributed by atoms with Crippen LogP contribution in [0.4, 0.5) is 22.7 Å². The Morgan fingerprint density at radius 1 is 0.357 bits per heavy atom. The van der Waals surface area contributed by atoms with Gasteiger partial charge in [-0.15, -0.1) is 0 Å². The molecule has 0 atom stereocenters. The van der Waals surface area contributed by atoms with Crippen LogP contribution in [-0.4, -0.2) is 0 Å². The molecule has 0 N–H and O–H groups in total. The first kappa shape index (κ1) is 43.8. The average Bonchev–Trinajstić information content (AvgIpc) is 3.91. The van der Waals surface area contributed by atoms with Crippen molar-refractivity contribution in [3.8, 4) is 22.3 Å². The standard InChI is InChI=1S/C68H61N2/c1-44(2)52-29-21-30-53(45(3)4)65(52)70-64(57-28-17-20-33-62(57)68(70,47-22-11-9-12-23-47)48-24-13-10-14-25-48)46-34-36-49(37-35-46)69(50-39-41-61-58(42-50)55-27-16-19-32-60(55)66(61,5)6)51-38-40-56-54-26-15-18-31-59(54)67(7,8)63(56)43-51/h9-45H,1-8H3. The Balaban J connectivity index is 1.08. The van der Waals surface area contributed by atoms with E-state index in [4.69, 9.17) is 0 Å². The van der Waals surface area contributed by atoms with Gasteiger partial charge in [0, 0.05) is 33.6 Å². The average molecular weight is 906 g/mol. The van der Waals surface area contributed by atoms with E-state index in [1.165, 1.54) is 95.2 Å². The van der Waals surface area contributed by atoms with Crippen molar-refractivity contribution in [1.82, 2.24) is 0 Å². The van der Waals surface area contributed by atoms with Crippen molar-refractivity contribution in [2.45, 2.75) is 83.6 Å². The summed E-state index contributed by atoms with van der Waals surface area (Å²) in [5, 5.41) is 0. The number of benzene rings is 9. The van der Waals surface area contributed by atoms with Gasteiger partial charge in [0.15, 0.2) is 0 Å². The van der Waals surface area contributed by atoms with Crippen LogP contribution in [0.3, 0.4) is 0 Å². The summed E-state index contributed by atoms with van der Waals surface area (Å²) in [6, 6.07) is 81.6. The second-order valence-corrected chi connectivity index (χ2v) is 21.4. The molecule has 2 heteroatoms. The van der Waals surface area contributed by atoms with E-state index in [9.17, 15) is 0 Å². The van der Waals surface area contributed by atoms with Crippen molar-refractivity contribution in [2.75, 3.05) is 9.80 Å². The fraction of sp³-hybridized carbons (Fsp3) is 0.191. The van der Waals surface area contributed by atoms with E-state index in [-0.39, 0.29) is 22.7 Å². The molecule has 9 aromatic rings. The first-order chi connectivity index (χ1) is 33.9. The zero-order valence-electron chi connectivity index (χ0n) is 41.8. The third-order valence-electron chi connectivity index (χ3n) is 16.1. The summed E-state index contributed by atoms with van der Waals surface area (Å²) in [6.07, 6.45) is 0. The van der Waals surface area contributed by atoms with Gasteiger partial charge in [0.1, 0.15) is 11.6 Å². The number of para-hydroxylation sites is 1. The third kappa shape index (κ3) is 6.38. The molecule has 0 fully saturated rings. The highest BCUT2D eigenvalue weighted by Crippen LogP contribution is 2.60. The Kier molecular flexibility index (Phi) is 10.2. The molecule has 9 aromatic carbocycles. The molecular formula is C68H61N2. The third-order valence-corrected chi connectivity index (χ3v) is 16.1. The summed E-state index contributed by atoms with van der Waals surface area (Å²) in [6.45, 7) is 18.9. The highest BCUT2D eigenvalue weighted by Gasteiger charge is 2.55. The van der Waals surface area contributed by atoms with Crippen LogP contribution in [0.25, 0.3) is 22.3 Å². The van der Waals surface area contributed by atoms with Crippen LogP contribution in [0.5, 0.6) is 0 Å². The van der Waals surface area contributed by atoms with Crippen molar-refractivity contribution in [3.05, 3.63) is 280 Å². The minimum atomic E-state index is -0.670. The molecule has 2 aliphatic carbocycles. The first-order valence-electron chi connectivity index (χ1n) is 25.3. The van der Waals surface area contributed by atoms with Gasteiger partial charge in [0.25, 0.3) is 0 Å². The zero-order chi connectivity index (χ0) is 48.1. The summed E-state index contributed by atoms with van der Waals surface area (Å²) >= 11 is 0. The number of hydrogen-bond donors (Lipinski definition) is 0. The second kappa shape index (κ2) is 16.3. The van der Waals surface area contributed by atoms with Gasteiger partial charge in [0.2, 0.25) is 0 Å². The van der Waals surface area contributed by atoms with Gasteiger partial charge < -0.3 is 9.80 Å². The van der Waals surface area contributed by atoms with Crippen LogP contribution < -0.4 is 9.80 Å². The van der Waals surface area contributed by atoms with Crippen LogP contribution >= 0.6 is 0 Å². The molecule has 0 saturated heterocycles. The normalized spacial score (nSPS) is 15.7. The van der Waals surface area contributed by atoms with Gasteiger partial charge in [-0.25, -0.2) is 0 Å². The monoisotopic (exact) mass is 905 g/mol. The molecule has 343 valence electrons. The Bertz CT molecular complexity index is 3380. The maximum absolute atomic E-state index is 2.75. The van der Waals surface area contributed by atoms with E-state index in [0.717, 1.165) is 17.1 Å². The number of fused-ring (bicyclic) bond motifs is 7. The largest absolute Gasteiger partial charge is 0.336 e. The number of anilines is 4. The molecule has 0 bridgehead atoms. The Hall–Kier alpha value is -7.42. The second-order valence-electron chi connectivity index (χ2n) is 21.4. The summed E-state index contributed by atoms with van der Waals surface area (Å²) in [4.78, 5) is 5.24. The lowest BCUT2D eigenvalue weighted by Gasteiger charge is -2.46. The van der Waals surface area contributed by atoms with Crippen molar-refractivity contribution in [3.63, 3.8) is 0 Å². The predicted octanol–water partition coefficient (Wildman–Crippen LogP) is 17.8. The van der Waals surface area contributed by atoms with Crippen molar-refractivity contribution in [2.24, 2.45) is 0 Å². The number of hydrogen-bond acceptors (Lipinski definition) is 2. The molecule has 70 heavy (non-hydrogen) atoms. The molecule has 0 amide bonds. The van der Waals surface area contributed by atoms with Crippen LogP contribution in [0.1, 0.15) is 128 Å². The molecule has 3 aliphatic rings. The fourth-order valence-corrected chi connectivity index (χ4v) is 12.7. The Morgan fingerprint density at radius 2 is 0.800 bits per heavy atom. The molecule has 0 spiro atoms. The van der Waals surface area contributed by atoms with Crippen LogP contribution in [0, 0.1) is 6.04 Å². The summed E-state index contributed by atoms with van der Waals surface area (Å²) in [5.41, 5.74) is 23.5. The van der Waals surface area contributed by atoms with E-state index in [1.807, 2.05) is 0 Å². The van der Waals surface area contributed by atoms with E-state index in [2.05, 4.69) is 278 Å². The molecule has 0 saturated carbocycles. The minimum absolute atomic E-state index is 0.0840. The zero-order valence-corrected chi connectivity index (χ0v) is 41.8. The summed E-state index contributed by atoms with van der Waals surface area (Å²) in [5.74, 6) is 0.572. The van der Waals surface area contributed by atoms with Crippen molar-refractivity contribution in [1.29, 1.82) is 0 Å². The minimum Gasteiger partial charge on any atom is -0.336 e.